The molecule has 4 aromatic rings. The molecule has 0 fully saturated rings. The molecule has 0 atom stereocenters. The molecule has 3 heterocycles. The molecule has 0 saturated carbocycles. The molecular weight excluding hydrogens is 356 g/mol. The Hall–Kier alpha value is -3.59. The van der Waals surface area contributed by atoms with Crippen LogP contribution in [0, 0.1) is 10.1 Å². The van der Waals surface area contributed by atoms with Gasteiger partial charge >= 0.3 is 5.88 Å². The molecule has 0 bridgehead atoms. The Morgan fingerprint density at radius 3 is 2.65 bits per heavy atom. The molecule has 0 unspecified atom stereocenters. The van der Waals surface area contributed by atoms with Crippen LogP contribution in [0.1, 0.15) is 10.6 Å². The summed E-state index contributed by atoms with van der Waals surface area (Å²) < 4.78 is 4.88. The molecular formula is C17H10N4O4S. The quantitative estimate of drug-likeness (QED) is 0.430. The van der Waals surface area contributed by atoms with Crippen molar-refractivity contribution in [2.75, 3.05) is 5.32 Å². The molecule has 1 amide bonds. The Morgan fingerprint density at radius 1 is 1.15 bits per heavy atom. The van der Waals surface area contributed by atoms with Gasteiger partial charge in [-0.25, -0.2) is 9.97 Å². The van der Waals surface area contributed by atoms with E-state index in [9.17, 15) is 14.9 Å². The maximum absolute atomic E-state index is 12.1. The highest BCUT2D eigenvalue weighted by Gasteiger charge is 2.17. The number of rotatable bonds is 4. The van der Waals surface area contributed by atoms with Gasteiger partial charge in [-0.1, -0.05) is 11.3 Å². The number of aromatic nitrogens is 2. The molecule has 0 aliphatic heterocycles. The van der Waals surface area contributed by atoms with Crippen LogP contribution in [-0.4, -0.2) is 20.8 Å². The number of nitro groups is 1. The Morgan fingerprint density at radius 2 is 1.96 bits per heavy atom. The Bertz CT molecular complexity index is 1080. The fraction of sp³-hybridized carbons (Fsp3) is 0. The number of carbonyl (C=O) groups is 1. The van der Waals surface area contributed by atoms with Crippen LogP contribution in [0.4, 0.5) is 11.6 Å². The fourth-order valence-corrected chi connectivity index (χ4v) is 3.24. The third-order valence-corrected chi connectivity index (χ3v) is 4.58. The van der Waals surface area contributed by atoms with E-state index < -0.39 is 16.7 Å². The van der Waals surface area contributed by atoms with Crippen LogP contribution < -0.4 is 5.32 Å². The SMILES string of the molecule is O=C(Nc1ccc(-c2nc3cccnc3s2)cc1)c1ccc([N+](=O)[O-])o1. The van der Waals surface area contributed by atoms with Crippen LogP contribution in [0.3, 0.4) is 0 Å². The van der Waals surface area contributed by atoms with E-state index in [1.165, 1.54) is 17.4 Å². The third-order valence-electron chi connectivity index (χ3n) is 3.55. The lowest BCUT2D eigenvalue weighted by Crippen LogP contribution is -2.10. The number of furan rings is 1. The second-order valence-corrected chi connectivity index (χ2v) is 6.25. The van der Waals surface area contributed by atoms with Crippen molar-refractivity contribution in [2.24, 2.45) is 0 Å². The second kappa shape index (κ2) is 6.37. The highest BCUT2D eigenvalue weighted by atomic mass is 32.1. The van der Waals surface area contributed by atoms with Crippen LogP contribution >= 0.6 is 11.3 Å². The molecule has 3 aromatic heterocycles. The zero-order chi connectivity index (χ0) is 18.1. The molecule has 8 nitrogen and oxygen atoms in total. The fourth-order valence-electron chi connectivity index (χ4n) is 2.33. The maximum Gasteiger partial charge on any atom is 0.433 e. The van der Waals surface area contributed by atoms with Gasteiger partial charge < -0.3 is 9.73 Å². The Labute approximate surface area is 150 Å². The first-order chi connectivity index (χ1) is 12.6. The van der Waals surface area contributed by atoms with Crippen LogP contribution in [0.15, 0.2) is 59.1 Å². The summed E-state index contributed by atoms with van der Waals surface area (Å²) in [5.74, 6) is -1.16. The lowest BCUT2D eigenvalue weighted by Gasteiger charge is -2.03. The minimum Gasteiger partial charge on any atom is -0.395 e. The zero-order valence-corrected chi connectivity index (χ0v) is 13.9. The van der Waals surface area contributed by atoms with Crippen molar-refractivity contribution in [3.63, 3.8) is 0 Å². The minimum absolute atomic E-state index is 0.127. The molecule has 0 saturated heterocycles. The van der Waals surface area contributed by atoms with Crippen LogP contribution in [0.25, 0.3) is 20.9 Å². The molecule has 0 radical (unpaired) electrons. The largest absolute Gasteiger partial charge is 0.433 e. The van der Waals surface area contributed by atoms with E-state index in [0.717, 1.165) is 27.0 Å². The smallest absolute Gasteiger partial charge is 0.395 e. The lowest BCUT2D eigenvalue weighted by molar-refractivity contribution is -0.402. The van der Waals surface area contributed by atoms with Gasteiger partial charge in [0, 0.05) is 17.4 Å². The average molecular weight is 366 g/mol. The second-order valence-electron chi connectivity index (χ2n) is 5.27. The number of anilines is 1. The van der Waals surface area contributed by atoms with Crippen molar-refractivity contribution in [3.8, 4) is 10.6 Å². The summed E-state index contributed by atoms with van der Waals surface area (Å²) in [6.07, 6.45) is 1.72. The predicted octanol–water partition coefficient (Wildman–Crippen LogP) is 4.11. The summed E-state index contributed by atoms with van der Waals surface area (Å²) in [6.45, 7) is 0. The first kappa shape index (κ1) is 15.9. The number of benzene rings is 1. The molecule has 9 heteroatoms. The summed E-state index contributed by atoms with van der Waals surface area (Å²) in [5, 5.41) is 14.1. The van der Waals surface area contributed by atoms with E-state index in [0.29, 0.717) is 5.69 Å². The number of nitrogens with zero attached hydrogens (tertiary/aromatic N) is 3. The summed E-state index contributed by atoms with van der Waals surface area (Å²) in [6, 6.07) is 13.3. The number of amides is 1. The normalized spacial score (nSPS) is 10.8. The van der Waals surface area contributed by atoms with Gasteiger partial charge in [-0.05, 0) is 42.5 Å². The number of pyridine rings is 1. The number of fused-ring (bicyclic) bond motifs is 1. The van der Waals surface area contributed by atoms with Gasteiger partial charge in [0.1, 0.15) is 20.3 Å². The van der Waals surface area contributed by atoms with E-state index in [4.69, 9.17) is 4.42 Å². The number of hydrogen-bond acceptors (Lipinski definition) is 7. The molecule has 4 rings (SSSR count). The molecule has 1 aromatic carbocycles. The van der Waals surface area contributed by atoms with Crippen molar-refractivity contribution in [2.45, 2.75) is 0 Å². The van der Waals surface area contributed by atoms with Gasteiger partial charge in [0.25, 0.3) is 5.91 Å². The summed E-state index contributed by atoms with van der Waals surface area (Å²) in [7, 11) is 0. The topological polar surface area (TPSA) is 111 Å². The van der Waals surface area contributed by atoms with Crippen molar-refractivity contribution in [3.05, 3.63) is 70.6 Å². The van der Waals surface area contributed by atoms with Crippen molar-refractivity contribution < 1.29 is 14.1 Å². The van der Waals surface area contributed by atoms with Crippen molar-refractivity contribution in [1.29, 1.82) is 0 Å². The van der Waals surface area contributed by atoms with Crippen LogP contribution in [0.5, 0.6) is 0 Å². The molecule has 0 aliphatic carbocycles. The third kappa shape index (κ3) is 3.03. The molecule has 26 heavy (non-hydrogen) atoms. The highest BCUT2D eigenvalue weighted by Crippen LogP contribution is 2.29. The van der Waals surface area contributed by atoms with Crippen molar-refractivity contribution in [1.82, 2.24) is 9.97 Å². The van der Waals surface area contributed by atoms with Gasteiger partial charge in [0.05, 0.1) is 6.07 Å². The maximum atomic E-state index is 12.1. The summed E-state index contributed by atoms with van der Waals surface area (Å²) in [5.41, 5.74) is 2.28. The Balaban J connectivity index is 1.51. The van der Waals surface area contributed by atoms with Crippen LogP contribution in [-0.2, 0) is 0 Å². The van der Waals surface area contributed by atoms with E-state index >= 15 is 0 Å². The van der Waals surface area contributed by atoms with Gasteiger partial charge in [-0.15, -0.1) is 0 Å². The molecule has 1 N–H and O–H groups in total. The average Bonchev–Trinajstić information content (AvgIpc) is 3.29. The molecule has 128 valence electrons. The number of nitrogens with one attached hydrogen (secondary N) is 1. The van der Waals surface area contributed by atoms with Gasteiger partial charge in [-0.2, -0.15) is 0 Å². The molecule has 0 aliphatic rings. The number of thiazole rings is 1. The zero-order valence-electron chi connectivity index (χ0n) is 13.1. The molecule has 0 spiro atoms. The minimum atomic E-state index is -0.696. The highest BCUT2D eigenvalue weighted by molar-refractivity contribution is 7.21. The summed E-state index contributed by atoms with van der Waals surface area (Å²) in [4.78, 5) is 31.6. The van der Waals surface area contributed by atoms with Gasteiger partial charge in [0.2, 0.25) is 0 Å². The Kier molecular flexibility index (Phi) is 3.90. The van der Waals surface area contributed by atoms with E-state index in [1.54, 1.807) is 18.3 Å². The lowest BCUT2D eigenvalue weighted by atomic mass is 10.2. The van der Waals surface area contributed by atoms with Crippen LogP contribution in [0.2, 0.25) is 0 Å². The number of hydrogen-bond donors (Lipinski definition) is 1. The first-order valence-electron chi connectivity index (χ1n) is 7.48. The van der Waals surface area contributed by atoms with Gasteiger partial charge in [0.15, 0.2) is 5.76 Å². The van der Waals surface area contributed by atoms with E-state index in [1.807, 2.05) is 24.3 Å². The van der Waals surface area contributed by atoms with E-state index in [-0.39, 0.29) is 5.76 Å². The predicted molar refractivity (Wildman–Crippen MR) is 96.2 cm³/mol. The summed E-state index contributed by atoms with van der Waals surface area (Å²) >= 11 is 1.48. The van der Waals surface area contributed by atoms with Crippen molar-refractivity contribution >= 4 is 39.2 Å². The standard InChI is InChI=1S/C17H10N4O4S/c22-15(13-7-8-14(25-13)21(23)24)19-11-5-3-10(4-6-11)16-20-12-2-1-9-18-17(12)26-16/h1-9H,(H,19,22). The van der Waals surface area contributed by atoms with E-state index in [2.05, 4.69) is 15.3 Å². The monoisotopic (exact) mass is 366 g/mol. The van der Waals surface area contributed by atoms with Gasteiger partial charge in [-0.3, -0.25) is 14.9 Å². The first-order valence-corrected chi connectivity index (χ1v) is 8.29. The number of carbonyl (C=O) groups excluding carboxylic acids is 1.